The number of rotatable bonds is 1. The van der Waals surface area contributed by atoms with E-state index in [0.717, 1.165) is 13.0 Å². The Balaban J connectivity index is 2.39. The molecule has 3 nitrogen and oxygen atoms in total. The first-order chi connectivity index (χ1) is 4.20. The molecular formula is C5H8INO2. The predicted octanol–water partition coefficient (Wildman–Crippen LogP) is -2.12. The van der Waals surface area contributed by atoms with E-state index in [9.17, 15) is 9.90 Å². The van der Waals surface area contributed by atoms with E-state index in [0.29, 0.717) is 3.92 Å². The third-order valence-corrected chi connectivity index (χ3v) is 2.51. The third-order valence-electron chi connectivity index (χ3n) is 1.49. The van der Waals surface area contributed by atoms with Crippen molar-refractivity contribution in [3.63, 3.8) is 0 Å². The van der Waals surface area contributed by atoms with Crippen molar-refractivity contribution < 1.29 is 15.2 Å². The highest BCUT2D eigenvalue weighted by Crippen LogP contribution is 2.08. The maximum Gasteiger partial charge on any atom is 0.127 e. The molecule has 4 heteroatoms. The molecule has 1 aliphatic rings. The van der Waals surface area contributed by atoms with Crippen molar-refractivity contribution in [2.75, 3.05) is 6.54 Å². The maximum atomic E-state index is 10.2. The Bertz CT molecular complexity index is 128. The first-order valence-corrected chi connectivity index (χ1v) is 4.13. The molecule has 9 heavy (non-hydrogen) atoms. The molecule has 0 unspecified atom stereocenters. The molecule has 1 aliphatic heterocycles. The number of quaternary nitrogens is 1. The summed E-state index contributed by atoms with van der Waals surface area (Å²) in [6.45, 7) is 0.916. The van der Waals surface area contributed by atoms with E-state index >= 15 is 0 Å². The van der Waals surface area contributed by atoms with Gasteiger partial charge in [-0.2, -0.15) is 0 Å². The van der Waals surface area contributed by atoms with Crippen LogP contribution in [0.5, 0.6) is 0 Å². The van der Waals surface area contributed by atoms with Crippen molar-refractivity contribution in [3.05, 3.63) is 0 Å². The lowest BCUT2D eigenvalue weighted by atomic mass is 10.2. The fourth-order valence-corrected chi connectivity index (χ4v) is 1.81. The van der Waals surface area contributed by atoms with Crippen molar-refractivity contribution in [1.29, 1.82) is 0 Å². The lowest BCUT2D eigenvalue weighted by molar-refractivity contribution is -0.663. The Morgan fingerprint density at radius 1 is 1.78 bits per heavy atom. The zero-order valence-electron chi connectivity index (χ0n) is 4.84. The van der Waals surface area contributed by atoms with Crippen LogP contribution in [-0.2, 0) is 4.79 Å². The number of aliphatic carboxylic acids is 1. The van der Waals surface area contributed by atoms with Gasteiger partial charge in [0.15, 0.2) is 0 Å². The molecule has 0 amide bonds. The number of carbonyl (C=O) groups is 1. The quantitative estimate of drug-likeness (QED) is 0.421. The molecule has 1 fully saturated rings. The van der Waals surface area contributed by atoms with Gasteiger partial charge in [-0.3, -0.25) is 0 Å². The molecule has 52 valence electrons. The Labute approximate surface area is 67.0 Å². The number of carboxylic acid groups (broad SMARTS) is 1. The van der Waals surface area contributed by atoms with Gasteiger partial charge in [0.1, 0.15) is 6.04 Å². The van der Waals surface area contributed by atoms with Crippen LogP contribution in [0, 0.1) is 0 Å². The van der Waals surface area contributed by atoms with Gasteiger partial charge in [0.05, 0.1) is 16.4 Å². The number of hydrogen-bond acceptors (Lipinski definition) is 2. The average Bonchev–Trinajstić information content (AvgIpc) is 2.14. The first kappa shape index (κ1) is 7.27. The minimum Gasteiger partial charge on any atom is -0.544 e. The van der Waals surface area contributed by atoms with Crippen molar-refractivity contribution >= 4 is 28.6 Å². The molecule has 0 aliphatic carbocycles. The summed E-state index contributed by atoms with van der Waals surface area (Å²) in [6.07, 6.45) is 0.753. The first-order valence-electron chi connectivity index (χ1n) is 2.88. The van der Waals surface area contributed by atoms with Crippen LogP contribution in [0.15, 0.2) is 0 Å². The van der Waals surface area contributed by atoms with Crippen LogP contribution in [-0.4, -0.2) is 22.5 Å². The second-order valence-corrected chi connectivity index (χ2v) is 3.99. The summed E-state index contributed by atoms with van der Waals surface area (Å²) < 4.78 is 0.505. The van der Waals surface area contributed by atoms with Crippen LogP contribution in [0.2, 0.25) is 0 Å². The normalized spacial score (nSPS) is 34.8. The summed E-state index contributed by atoms with van der Waals surface area (Å²) in [5.74, 6) is -0.922. The number of carboxylic acids is 1. The van der Waals surface area contributed by atoms with Crippen molar-refractivity contribution in [3.8, 4) is 0 Å². The predicted molar refractivity (Wildman–Crippen MR) is 38.0 cm³/mol. The van der Waals surface area contributed by atoms with E-state index < -0.39 is 5.97 Å². The molecule has 2 N–H and O–H groups in total. The molecule has 1 rings (SSSR count). The second kappa shape index (κ2) is 2.83. The Kier molecular flexibility index (Phi) is 2.29. The average molecular weight is 241 g/mol. The van der Waals surface area contributed by atoms with Gasteiger partial charge in [-0.1, -0.05) is 22.6 Å². The topological polar surface area (TPSA) is 56.7 Å². The number of alkyl halides is 1. The number of nitrogens with two attached hydrogens (primary N) is 1. The minimum atomic E-state index is -0.922. The molecule has 1 saturated heterocycles. The van der Waals surface area contributed by atoms with E-state index in [-0.39, 0.29) is 6.04 Å². The number of carbonyl (C=O) groups excluding carboxylic acids is 1. The molecule has 0 aromatic carbocycles. The Hall–Kier alpha value is 0.160. The SMILES string of the molecule is O=C([O-])[C@@H]1C[C@@H](I)C[NH2+]1. The van der Waals surface area contributed by atoms with E-state index in [1.165, 1.54) is 0 Å². The van der Waals surface area contributed by atoms with Gasteiger partial charge in [0, 0.05) is 6.42 Å². The molecule has 0 aromatic rings. The van der Waals surface area contributed by atoms with Crippen LogP contribution in [0.25, 0.3) is 0 Å². The summed E-state index contributed by atoms with van der Waals surface area (Å²) in [7, 11) is 0. The number of hydrogen-bond donors (Lipinski definition) is 1. The van der Waals surface area contributed by atoms with E-state index in [4.69, 9.17) is 0 Å². The molecule has 2 atom stereocenters. The van der Waals surface area contributed by atoms with Crippen LogP contribution in [0.4, 0.5) is 0 Å². The largest absolute Gasteiger partial charge is 0.544 e. The highest BCUT2D eigenvalue weighted by molar-refractivity contribution is 14.1. The van der Waals surface area contributed by atoms with Gasteiger partial charge in [-0.05, 0) is 0 Å². The van der Waals surface area contributed by atoms with Crippen molar-refractivity contribution in [2.24, 2.45) is 0 Å². The van der Waals surface area contributed by atoms with Gasteiger partial charge >= 0.3 is 0 Å². The summed E-state index contributed by atoms with van der Waals surface area (Å²) in [5, 5.41) is 12.0. The molecule has 0 bridgehead atoms. The van der Waals surface area contributed by atoms with Gasteiger partial charge in [0.25, 0.3) is 0 Å². The molecule has 0 aromatic heterocycles. The van der Waals surface area contributed by atoms with Crippen LogP contribution >= 0.6 is 22.6 Å². The standard InChI is InChI=1S/C5H8INO2/c6-3-1-4(5(8)9)7-2-3/h3-4,7H,1-2H2,(H,8,9)/t3-,4+/m1/s1. The lowest BCUT2D eigenvalue weighted by Crippen LogP contribution is -2.90. The van der Waals surface area contributed by atoms with Gasteiger partial charge in [-0.15, -0.1) is 0 Å². The smallest absolute Gasteiger partial charge is 0.127 e. The monoisotopic (exact) mass is 241 g/mol. The molecular weight excluding hydrogens is 233 g/mol. The van der Waals surface area contributed by atoms with E-state index in [1.807, 2.05) is 5.32 Å². The zero-order chi connectivity index (χ0) is 6.85. The highest BCUT2D eigenvalue weighted by Gasteiger charge is 2.26. The summed E-state index contributed by atoms with van der Waals surface area (Å²) in [5.41, 5.74) is 0. The zero-order valence-corrected chi connectivity index (χ0v) is 7.00. The highest BCUT2D eigenvalue weighted by atomic mass is 127. The molecule has 0 spiro atoms. The Morgan fingerprint density at radius 2 is 2.44 bits per heavy atom. The number of halogens is 1. The van der Waals surface area contributed by atoms with Gasteiger partial charge < -0.3 is 15.2 Å². The fraction of sp³-hybridized carbons (Fsp3) is 0.800. The summed E-state index contributed by atoms with van der Waals surface area (Å²) in [6, 6.07) is -0.285. The van der Waals surface area contributed by atoms with Crippen LogP contribution in [0.3, 0.4) is 0 Å². The molecule has 0 radical (unpaired) electrons. The maximum absolute atomic E-state index is 10.2. The van der Waals surface area contributed by atoms with Crippen molar-refractivity contribution in [2.45, 2.75) is 16.4 Å². The molecule has 1 heterocycles. The Morgan fingerprint density at radius 3 is 2.67 bits per heavy atom. The fourth-order valence-electron chi connectivity index (χ4n) is 0.972. The van der Waals surface area contributed by atoms with Gasteiger partial charge in [0.2, 0.25) is 0 Å². The van der Waals surface area contributed by atoms with Gasteiger partial charge in [-0.25, -0.2) is 0 Å². The molecule has 0 saturated carbocycles. The minimum absolute atomic E-state index is 0.285. The summed E-state index contributed by atoms with van der Waals surface area (Å²) >= 11 is 2.26. The second-order valence-electron chi connectivity index (χ2n) is 2.23. The van der Waals surface area contributed by atoms with E-state index in [2.05, 4.69) is 22.6 Å². The lowest BCUT2D eigenvalue weighted by Gasteiger charge is -2.05. The van der Waals surface area contributed by atoms with Crippen LogP contribution in [0.1, 0.15) is 6.42 Å². The van der Waals surface area contributed by atoms with E-state index in [1.54, 1.807) is 0 Å². The summed E-state index contributed by atoms with van der Waals surface area (Å²) in [4.78, 5) is 10.2. The van der Waals surface area contributed by atoms with Crippen LogP contribution < -0.4 is 10.4 Å². The third kappa shape index (κ3) is 1.79. The van der Waals surface area contributed by atoms with Crippen molar-refractivity contribution in [1.82, 2.24) is 0 Å².